The molecule has 0 spiro atoms. The van der Waals surface area contributed by atoms with Crippen LogP contribution in [0.5, 0.6) is 0 Å². The number of carbonyl (C=O) groups excluding carboxylic acids is 3. The first-order valence-corrected chi connectivity index (χ1v) is 10.6. The van der Waals surface area contributed by atoms with Gasteiger partial charge in [0, 0.05) is 6.54 Å². The predicted octanol–water partition coefficient (Wildman–Crippen LogP) is 2.02. The minimum atomic E-state index is -0.900. The highest BCUT2D eigenvalue weighted by Crippen LogP contribution is 2.28. The maximum Gasteiger partial charge on any atom is 0.320 e. The van der Waals surface area contributed by atoms with Gasteiger partial charge in [-0.25, -0.2) is 0 Å². The van der Waals surface area contributed by atoms with Crippen molar-refractivity contribution in [2.24, 2.45) is 11.1 Å². The Morgan fingerprint density at radius 1 is 1.07 bits per heavy atom. The molecule has 0 saturated heterocycles. The van der Waals surface area contributed by atoms with Crippen molar-refractivity contribution in [1.82, 2.24) is 0 Å². The number of likely N-dealkylation sites (N-methyl/N-ethyl adjacent to an activating group) is 1. The minimum absolute atomic E-state index is 0.0415. The van der Waals surface area contributed by atoms with E-state index in [0.717, 1.165) is 0 Å². The summed E-state index contributed by atoms with van der Waals surface area (Å²) in [6.45, 7) is 9.53. The molecule has 170 valence electrons. The molecule has 0 aliphatic heterocycles. The third-order valence-electron chi connectivity index (χ3n) is 3.70. The fraction of sp³-hybridized carbons (Fsp3) is 0.850. The molecule has 8 nitrogen and oxygen atoms in total. The normalized spacial score (nSPS) is 14.7. The van der Waals surface area contributed by atoms with E-state index in [2.05, 4.69) is 15.9 Å². The molecule has 0 aromatic rings. The summed E-state index contributed by atoms with van der Waals surface area (Å²) < 4.78 is 16.5. The lowest BCUT2D eigenvalue weighted by atomic mass is 9.88. The van der Waals surface area contributed by atoms with Crippen molar-refractivity contribution in [3.8, 4) is 0 Å². The van der Waals surface area contributed by atoms with Crippen LogP contribution in [-0.4, -0.2) is 79.8 Å². The van der Waals surface area contributed by atoms with Gasteiger partial charge in [0.05, 0.1) is 33.0 Å². The second-order valence-corrected chi connectivity index (χ2v) is 10.9. The largest absolute Gasteiger partial charge is 0.464 e. The molecule has 2 N–H and O–H groups in total. The number of alkyl halides is 1. The van der Waals surface area contributed by atoms with Crippen molar-refractivity contribution in [2.45, 2.75) is 64.0 Å². The molecule has 0 amide bonds. The van der Waals surface area contributed by atoms with E-state index < -0.39 is 39.9 Å². The number of nitrogens with zero attached hydrogens (tertiary/aromatic N) is 1. The first-order chi connectivity index (χ1) is 13.0. The standard InChI is InChI=1S/C20H38BrN2O6/c1-19(2,3)29-16(24)11-14(13-23(6,7)8)28-17(25)15(21)12-20(4,5)18(26)27-10-9-22/h14-15H,9-13,22H2,1-8H3/q+1. The Balaban J connectivity index is 5.06. The van der Waals surface area contributed by atoms with Gasteiger partial charge in [-0.1, -0.05) is 15.9 Å². The first kappa shape index (κ1) is 27.8. The lowest BCUT2D eigenvalue weighted by Crippen LogP contribution is -2.45. The van der Waals surface area contributed by atoms with Crippen LogP contribution in [-0.2, 0) is 28.6 Å². The Hall–Kier alpha value is -1.19. The number of nitrogens with two attached hydrogens (primary N) is 1. The van der Waals surface area contributed by atoms with Crippen molar-refractivity contribution in [1.29, 1.82) is 0 Å². The molecule has 29 heavy (non-hydrogen) atoms. The van der Waals surface area contributed by atoms with E-state index in [4.69, 9.17) is 19.9 Å². The van der Waals surface area contributed by atoms with Crippen molar-refractivity contribution >= 4 is 33.8 Å². The Bertz CT molecular complexity index is 566. The van der Waals surface area contributed by atoms with Crippen LogP contribution in [0.1, 0.15) is 47.5 Å². The molecule has 0 heterocycles. The fourth-order valence-corrected chi connectivity index (χ4v) is 3.44. The number of ether oxygens (including phenoxy) is 3. The zero-order chi connectivity index (χ0) is 23.0. The van der Waals surface area contributed by atoms with Crippen molar-refractivity contribution in [3.05, 3.63) is 0 Å². The van der Waals surface area contributed by atoms with Gasteiger partial charge in [-0.3, -0.25) is 14.4 Å². The van der Waals surface area contributed by atoms with Crippen LogP contribution in [0.3, 0.4) is 0 Å². The number of hydrogen-bond donors (Lipinski definition) is 1. The number of esters is 3. The van der Waals surface area contributed by atoms with Gasteiger partial charge < -0.3 is 24.4 Å². The van der Waals surface area contributed by atoms with E-state index in [1.165, 1.54) is 0 Å². The third kappa shape index (κ3) is 12.9. The topological polar surface area (TPSA) is 105 Å². The number of carbonyl (C=O) groups is 3. The van der Waals surface area contributed by atoms with Crippen LogP contribution in [0.15, 0.2) is 0 Å². The summed E-state index contributed by atoms with van der Waals surface area (Å²) in [4.78, 5) is 36.3. The molecule has 0 bridgehead atoms. The molecular weight excluding hydrogens is 444 g/mol. The van der Waals surface area contributed by atoms with Crippen LogP contribution < -0.4 is 5.73 Å². The summed E-state index contributed by atoms with van der Waals surface area (Å²) in [6, 6.07) is 0. The summed E-state index contributed by atoms with van der Waals surface area (Å²) in [5.41, 5.74) is 3.84. The van der Waals surface area contributed by atoms with Gasteiger partial charge in [-0.05, 0) is 41.0 Å². The maximum atomic E-state index is 12.6. The number of halogens is 1. The third-order valence-corrected chi connectivity index (χ3v) is 4.39. The van der Waals surface area contributed by atoms with E-state index in [9.17, 15) is 14.4 Å². The van der Waals surface area contributed by atoms with Crippen molar-refractivity contribution < 1.29 is 33.1 Å². The van der Waals surface area contributed by atoms with E-state index in [0.29, 0.717) is 11.0 Å². The average molecular weight is 482 g/mol. The Kier molecular flexibility index (Phi) is 10.8. The van der Waals surface area contributed by atoms with E-state index in [1.807, 2.05) is 21.1 Å². The lowest BCUT2D eigenvalue weighted by Gasteiger charge is -2.30. The van der Waals surface area contributed by atoms with Gasteiger partial charge in [0.1, 0.15) is 23.6 Å². The quantitative estimate of drug-likeness (QED) is 0.208. The van der Waals surface area contributed by atoms with E-state index in [-0.39, 0.29) is 26.0 Å². The molecule has 0 radical (unpaired) electrons. The smallest absolute Gasteiger partial charge is 0.320 e. The number of hydrogen-bond acceptors (Lipinski definition) is 7. The molecule has 0 aliphatic carbocycles. The highest BCUT2D eigenvalue weighted by Gasteiger charge is 2.36. The second-order valence-electron chi connectivity index (χ2n) is 9.80. The van der Waals surface area contributed by atoms with Crippen LogP contribution in [0.25, 0.3) is 0 Å². The molecule has 0 aliphatic rings. The zero-order valence-corrected chi connectivity index (χ0v) is 20.6. The summed E-state index contributed by atoms with van der Waals surface area (Å²) in [5.74, 6) is -1.40. The summed E-state index contributed by atoms with van der Waals surface area (Å²) in [7, 11) is 5.83. The zero-order valence-electron chi connectivity index (χ0n) is 19.0. The van der Waals surface area contributed by atoms with Crippen LogP contribution in [0, 0.1) is 5.41 Å². The monoisotopic (exact) mass is 481 g/mol. The van der Waals surface area contributed by atoms with Gasteiger partial charge >= 0.3 is 17.9 Å². The summed E-state index contributed by atoms with van der Waals surface area (Å²) >= 11 is 3.31. The minimum Gasteiger partial charge on any atom is -0.464 e. The van der Waals surface area contributed by atoms with Crippen LogP contribution >= 0.6 is 15.9 Å². The Labute approximate surface area is 183 Å². The molecule has 0 aromatic carbocycles. The van der Waals surface area contributed by atoms with Crippen molar-refractivity contribution in [3.63, 3.8) is 0 Å². The highest BCUT2D eigenvalue weighted by molar-refractivity contribution is 9.10. The summed E-state index contributed by atoms with van der Waals surface area (Å²) in [6.07, 6.45) is -0.511. The second kappa shape index (κ2) is 11.3. The predicted molar refractivity (Wildman–Crippen MR) is 114 cm³/mol. The van der Waals surface area contributed by atoms with Crippen LogP contribution in [0.2, 0.25) is 0 Å². The SMILES string of the molecule is CC(C)(C)OC(=O)CC(C[N+](C)(C)C)OC(=O)C(Br)CC(C)(C)C(=O)OCCN. The van der Waals surface area contributed by atoms with Gasteiger partial charge in [-0.2, -0.15) is 0 Å². The molecule has 2 unspecified atom stereocenters. The molecular formula is C20H38BrN2O6+. The van der Waals surface area contributed by atoms with E-state index in [1.54, 1.807) is 34.6 Å². The Morgan fingerprint density at radius 2 is 1.62 bits per heavy atom. The van der Waals surface area contributed by atoms with Crippen molar-refractivity contribution in [2.75, 3.05) is 40.8 Å². The van der Waals surface area contributed by atoms with E-state index >= 15 is 0 Å². The van der Waals surface area contributed by atoms with Gasteiger partial charge in [0.25, 0.3) is 0 Å². The van der Waals surface area contributed by atoms with Gasteiger partial charge in [-0.15, -0.1) is 0 Å². The molecule has 9 heteroatoms. The summed E-state index contributed by atoms with van der Waals surface area (Å²) in [5, 5.41) is 0. The lowest BCUT2D eigenvalue weighted by molar-refractivity contribution is -0.873. The number of rotatable bonds is 11. The van der Waals surface area contributed by atoms with Crippen LogP contribution in [0.4, 0.5) is 0 Å². The number of quaternary nitrogens is 1. The molecule has 0 saturated carbocycles. The molecule has 2 atom stereocenters. The molecule has 0 fully saturated rings. The maximum absolute atomic E-state index is 12.6. The highest BCUT2D eigenvalue weighted by atomic mass is 79.9. The first-order valence-electron chi connectivity index (χ1n) is 9.71. The molecule has 0 aromatic heterocycles. The average Bonchev–Trinajstić information content (AvgIpc) is 2.48. The fourth-order valence-electron chi connectivity index (χ4n) is 2.52. The molecule has 0 rings (SSSR count). The van der Waals surface area contributed by atoms with Gasteiger partial charge in [0.2, 0.25) is 0 Å². The van der Waals surface area contributed by atoms with Gasteiger partial charge in [0.15, 0.2) is 6.10 Å². The Morgan fingerprint density at radius 3 is 2.07 bits per heavy atom.